The molecule has 0 aliphatic carbocycles. The fraction of sp³-hybridized carbons (Fsp3) is 0.400. The lowest BCUT2D eigenvalue weighted by atomic mass is 9.92. The molecular weight excluding hydrogens is 378 g/mol. The number of carbonyl (C=O) groups is 3. The molecule has 0 fully saturated rings. The molecule has 0 aromatic heterocycles. The van der Waals surface area contributed by atoms with Crippen molar-refractivity contribution in [2.24, 2.45) is 0 Å². The van der Waals surface area contributed by atoms with E-state index < -0.39 is 17.8 Å². The van der Waals surface area contributed by atoms with Gasteiger partial charge in [0.05, 0.1) is 29.0 Å². The van der Waals surface area contributed by atoms with E-state index in [2.05, 4.69) is 0 Å². The molecule has 0 bridgehead atoms. The molecule has 2 aromatic rings. The fourth-order valence-corrected chi connectivity index (χ4v) is 3.93. The van der Waals surface area contributed by atoms with E-state index in [9.17, 15) is 14.4 Å². The van der Waals surface area contributed by atoms with Crippen LogP contribution in [0.5, 0.6) is 0 Å². The minimum atomic E-state index is -0.560. The van der Waals surface area contributed by atoms with E-state index in [1.54, 1.807) is 19.1 Å². The monoisotopic (exact) mass is 407 g/mol. The molecule has 0 atom stereocenters. The van der Waals surface area contributed by atoms with Crippen molar-refractivity contribution in [1.29, 1.82) is 0 Å². The molecule has 0 N–H and O–H groups in total. The van der Waals surface area contributed by atoms with Crippen molar-refractivity contribution in [3.63, 3.8) is 0 Å². The minimum absolute atomic E-state index is 0.124. The van der Waals surface area contributed by atoms with Gasteiger partial charge >= 0.3 is 5.97 Å². The number of amides is 2. The van der Waals surface area contributed by atoms with Crippen LogP contribution >= 0.6 is 0 Å². The zero-order valence-corrected chi connectivity index (χ0v) is 18.5. The smallest absolute Gasteiger partial charge is 0.339 e. The van der Waals surface area contributed by atoms with Crippen molar-refractivity contribution < 1.29 is 19.1 Å². The van der Waals surface area contributed by atoms with E-state index in [0.717, 1.165) is 11.1 Å². The lowest BCUT2D eigenvalue weighted by Crippen LogP contribution is -2.32. The van der Waals surface area contributed by atoms with Gasteiger partial charge in [0, 0.05) is 0 Å². The molecule has 0 spiro atoms. The average molecular weight is 408 g/mol. The number of hydrogen-bond acceptors (Lipinski definition) is 4. The van der Waals surface area contributed by atoms with Gasteiger partial charge in [-0.05, 0) is 47.9 Å². The highest BCUT2D eigenvalue weighted by Gasteiger charge is 2.42. The Kier molecular flexibility index (Phi) is 6.11. The van der Waals surface area contributed by atoms with Gasteiger partial charge in [-0.25, -0.2) is 9.69 Å². The molecule has 30 heavy (non-hydrogen) atoms. The predicted octanol–water partition coefficient (Wildman–Crippen LogP) is 5.61. The molecule has 0 unspecified atom stereocenters. The van der Waals surface area contributed by atoms with Crippen LogP contribution in [0.15, 0.2) is 30.3 Å². The molecule has 1 aliphatic rings. The third-order valence-corrected chi connectivity index (χ3v) is 5.47. The highest BCUT2D eigenvalue weighted by Crippen LogP contribution is 2.40. The molecule has 1 aliphatic heterocycles. The first-order valence-electron chi connectivity index (χ1n) is 10.5. The number of rotatable bonds is 6. The van der Waals surface area contributed by atoms with Gasteiger partial charge in [-0.2, -0.15) is 0 Å². The Bertz CT molecular complexity index is 994. The third kappa shape index (κ3) is 3.53. The molecular formula is C25H29NO4. The maximum atomic E-state index is 13.6. The lowest BCUT2D eigenvalue weighted by molar-refractivity contribution is 0.0501. The van der Waals surface area contributed by atoms with Crippen LogP contribution in [-0.2, 0) is 4.74 Å². The maximum Gasteiger partial charge on any atom is 0.339 e. The zero-order chi connectivity index (χ0) is 22.2. The topological polar surface area (TPSA) is 63.7 Å². The number of para-hydroxylation sites is 1. The number of esters is 1. The quantitative estimate of drug-likeness (QED) is 0.461. The van der Waals surface area contributed by atoms with Gasteiger partial charge in [-0.1, -0.05) is 58.9 Å². The summed E-state index contributed by atoms with van der Waals surface area (Å²) in [7, 11) is 0. The minimum Gasteiger partial charge on any atom is -0.462 e. The number of anilines is 1. The van der Waals surface area contributed by atoms with Crippen LogP contribution in [0.4, 0.5) is 5.69 Å². The summed E-state index contributed by atoms with van der Waals surface area (Å²) in [6.45, 7) is 12.1. The summed E-state index contributed by atoms with van der Waals surface area (Å²) in [6.07, 6.45) is 0.679. The average Bonchev–Trinajstić information content (AvgIpc) is 2.95. The molecule has 0 radical (unpaired) electrons. The van der Waals surface area contributed by atoms with Crippen LogP contribution in [0.1, 0.15) is 101 Å². The summed E-state index contributed by atoms with van der Waals surface area (Å²) < 4.78 is 5.31. The first-order chi connectivity index (χ1) is 14.2. The Balaban J connectivity index is 2.22. The Hall–Kier alpha value is -2.95. The number of imide groups is 1. The largest absolute Gasteiger partial charge is 0.462 e. The van der Waals surface area contributed by atoms with Crippen molar-refractivity contribution >= 4 is 23.5 Å². The van der Waals surface area contributed by atoms with Crippen LogP contribution in [0.3, 0.4) is 0 Å². The molecule has 2 aromatic carbocycles. The number of hydrogen-bond donors (Lipinski definition) is 0. The number of benzene rings is 2. The summed E-state index contributed by atoms with van der Waals surface area (Å²) >= 11 is 0. The van der Waals surface area contributed by atoms with Crippen LogP contribution in [-0.4, -0.2) is 24.4 Å². The van der Waals surface area contributed by atoms with Gasteiger partial charge in [0.2, 0.25) is 0 Å². The van der Waals surface area contributed by atoms with Crippen molar-refractivity contribution in [2.45, 2.75) is 59.8 Å². The molecule has 0 saturated heterocycles. The summed E-state index contributed by atoms with van der Waals surface area (Å²) in [4.78, 5) is 41.0. The first kappa shape index (κ1) is 21.8. The van der Waals surface area contributed by atoms with Crippen molar-refractivity contribution in [3.8, 4) is 0 Å². The number of nitrogens with zero attached hydrogens (tertiary/aromatic N) is 1. The van der Waals surface area contributed by atoms with Gasteiger partial charge in [-0.3, -0.25) is 9.59 Å². The van der Waals surface area contributed by atoms with Crippen LogP contribution in [0.2, 0.25) is 0 Å². The van der Waals surface area contributed by atoms with E-state index in [1.807, 2.05) is 52.8 Å². The molecule has 5 heteroatoms. The van der Waals surface area contributed by atoms with E-state index in [-0.39, 0.29) is 35.1 Å². The molecule has 5 nitrogen and oxygen atoms in total. The number of ether oxygens (including phenoxy) is 1. The van der Waals surface area contributed by atoms with Gasteiger partial charge in [0.15, 0.2) is 0 Å². The second-order valence-corrected chi connectivity index (χ2v) is 8.36. The number of aryl methyl sites for hydroxylation is 1. The van der Waals surface area contributed by atoms with Gasteiger partial charge in [-0.15, -0.1) is 0 Å². The van der Waals surface area contributed by atoms with Crippen LogP contribution in [0, 0.1) is 6.92 Å². The molecule has 0 saturated carbocycles. The predicted molar refractivity (Wildman–Crippen MR) is 118 cm³/mol. The molecule has 2 amide bonds. The summed E-state index contributed by atoms with van der Waals surface area (Å²) in [5.41, 5.74) is 3.72. The van der Waals surface area contributed by atoms with Crippen molar-refractivity contribution in [3.05, 3.63) is 63.7 Å². The maximum absolute atomic E-state index is 13.6. The number of carbonyl (C=O) groups excluding carboxylic acids is 3. The van der Waals surface area contributed by atoms with E-state index in [0.29, 0.717) is 17.7 Å². The molecule has 3 rings (SSSR count). The van der Waals surface area contributed by atoms with Gasteiger partial charge < -0.3 is 4.74 Å². The van der Waals surface area contributed by atoms with Crippen molar-refractivity contribution in [2.75, 3.05) is 11.5 Å². The molecule has 1 heterocycles. The summed E-state index contributed by atoms with van der Waals surface area (Å²) in [6, 6.07) is 9.21. The van der Waals surface area contributed by atoms with E-state index >= 15 is 0 Å². The first-order valence-corrected chi connectivity index (χ1v) is 10.5. The lowest BCUT2D eigenvalue weighted by Gasteiger charge is -2.25. The number of fused-ring (bicyclic) bond motifs is 1. The SMILES string of the molecule is CCCOC(=O)c1c(C)ccc2c1C(=O)N(c1c(C(C)C)cccc1C(C)C)C2=O. The highest BCUT2D eigenvalue weighted by molar-refractivity contribution is 6.36. The van der Waals surface area contributed by atoms with Crippen molar-refractivity contribution in [1.82, 2.24) is 0 Å². The standard InChI is InChI=1S/C25H29NO4/c1-7-13-30-25(29)20-16(6)11-12-19-21(20)24(28)26(23(19)27)22-17(14(2)3)9-8-10-18(22)15(4)5/h8-12,14-15H,7,13H2,1-6H3. The van der Waals surface area contributed by atoms with Gasteiger partial charge in [0.25, 0.3) is 11.8 Å². The molecule has 158 valence electrons. The second kappa shape index (κ2) is 8.42. The van der Waals surface area contributed by atoms with E-state index in [1.165, 1.54) is 4.90 Å². The van der Waals surface area contributed by atoms with E-state index in [4.69, 9.17) is 4.74 Å². The Morgan fingerprint density at radius 1 is 0.967 bits per heavy atom. The summed E-state index contributed by atoms with van der Waals surface area (Å²) in [5, 5.41) is 0. The fourth-order valence-electron chi connectivity index (χ4n) is 3.93. The Morgan fingerprint density at radius 2 is 1.57 bits per heavy atom. The normalized spacial score (nSPS) is 13.4. The third-order valence-electron chi connectivity index (χ3n) is 5.47. The van der Waals surface area contributed by atoms with Crippen LogP contribution < -0.4 is 4.90 Å². The zero-order valence-electron chi connectivity index (χ0n) is 18.5. The highest BCUT2D eigenvalue weighted by atomic mass is 16.5. The Morgan fingerprint density at radius 3 is 2.10 bits per heavy atom. The van der Waals surface area contributed by atoms with Gasteiger partial charge in [0.1, 0.15) is 0 Å². The Labute approximate surface area is 178 Å². The summed E-state index contributed by atoms with van der Waals surface area (Å²) in [5.74, 6) is -1.17. The second-order valence-electron chi connectivity index (χ2n) is 8.36. The van der Waals surface area contributed by atoms with Crippen LogP contribution in [0.25, 0.3) is 0 Å².